The van der Waals surface area contributed by atoms with Crippen molar-refractivity contribution < 1.29 is 4.79 Å². The fourth-order valence-electron chi connectivity index (χ4n) is 3.27. The quantitative estimate of drug-likeness (QED) is 0.530. The number of nitrogens with zero attached hydrogens (tertiary/aromatic N) is 4. The average molecular weight is 398 g/mol. The van der Waals surface area contributed by atoms with E-state index in [0.717, 1.165) is 36.9 Å². The van der Waals surface area contributed by atoms with Gasteiger partial charge in [-0.05, 0) is 50.3 Å². The first-order valence-corrected chi connectivity index (χ1v) is 10.7. The molecule has 4 rings (SSSR count). The highest BCUT2D eigenvalue weighted by atomic mass is 32.2. The number of carbonyl (C=O) groups excluding carboxylic acids is 1. The van der Waals surface area contributed by atoms with Crippen LogP contribution in [0, 0.1) is 11.3 Å². The predicted molar refractivity (Wildman–Crippen MR) is 107 cm³/mol. The lowest BCUT2D eigenvalue weighted by atomic mass is 10.1. The van der Waals surface area contributed by atoms with Crippen LogP contribution in [0.3, 0.4) is 0 Å². The van der Waals surface area contributed by atoms with Gasteiger partial charge in [-0.1, -0.05) is 24.2 Å². The molecule has 1 atom stereocenters. The molecule has 0 aromatic carbocycles. The van der Waals surface area contributed by atoms with Crippen molar-refractivity contribution >= 4 is 39.7 Å². The monoisotopic (exact) mass is 397 g/mol. The summed E-state index contributed by atoms with van der Waals surface area (Å²) in [6, 6.07) is 7.99. The molecular formula is C19H19N5OS2. The van der Waals surface area contributed by atoms with E-state index in [9.17, 15) is 10.1 Å². The second kappa shape index (κ2) is 7.71. The van der Waals surface area contributed by atoms with E-state index >= 15 is 0 Å². The summed E-state index contributed by atoms with van der Waals surface area (Å²) in [6.45, 7) is 1.84. The Morgan fingerprint density at radius 3 is 3.04 bits per heavy atom. The summed E-state index contributed by atoms with van der Waals surface area (Å²) in [5.74, 6) is -0.124. The number of thioether (sulfide) groups is 1. The number of nitriles is 1. The highest BCUT2D eigenvalue weighted by molar-refractivity contribution is 8.00. The Balaban J connectivity index is 1.51. The fraction of sp³-hybridized carbons (Fsp3) is 0.368. The number of hydrogen-bond acceptors (Lipinski definition) is 6. The zero-order chi connectivity index (χ0) is 18.8. The first-order valence-electron chi connectivity index (χ1n) is 8.99. The lowest BCUT2D eigenvalue weighted by Gasteiger charge is -2.10. The molecule has 0 saturated heterocycles. The molecule has 0 bridgehead atoms. The molecule has 6 nitrogen and oxygen atoms in total. The summed E-state index contributed by atoms with van der Waals surface area (Å²) < 4.78 is 1.86. The Labute approximate surface area is 165 Å². The second-order valence-electron chi connectivity index (χ2n) is 6.54. The van der Waals surface area contributed by atoms with Gasteiger partial charge in [-0.3, -0.25) is 9.20 Å². The van der Waals surface area contributed by atoms with Crippen molar-refractivity contribution in [2.24, 2.45) is 0 Å². The Morgan fingerprint density at radius 2 is 2.19 bits per heavy atom. The van der Waals surface area contributed by atoms with Crippen LogP contribution in [0.2, 0.25) is 0 Å². The van der Waals surface area contributed by atoms with Crippen LogP contribution in [0.25, 0.3) is 5.65 Å². The van der Waals surface area contributed by atoms with E-state index in [1.807, 2.05) is 35.7 Å². The molecule has 0 unspecified atom stereocenters. The molecule has 0 fully saturated rings. The van der Waals surface area contributed by atoms with Crippen molar-refractivity contribution in [2.45, 2.75) is 49.4 Å². The summed E-state index contributed by atoms with van der Waals surface area (Å²) in [4.78, 5) is 14.0. The molecule has 1 N–H and O–H groups in total. The van der Waals surface area contributed by atoms with Crippen LogP contribution in [0.15, 0.2) is 29.6 Å². The average Bonchev–Trinajstić information content (AvgIpc) is 3.14. The van der Waals surface area contributed by atoms with Crippen molar-refractivity contribution in [2.75, 3.05) is 5.32 Å². The largest absolute Gasteiger partial charge is 0.316 e. The molecule has 8 heteroatoms. The Morgan fingerprint density at radius 1 is 1.33 bits per heavy atom. The van der Waals surface area contributed by atoms with Crippen LogP contribution in [0.4, 0.5) is 5.00 Å². The predicted octanol–water partition coefficient (Wildman–Crippen LogP) is 4.05. The number of rotatable bonds is 4. The van der Waals surface area contributed by atoms with Crippen molar-refractivity contribution in [3.05, 3.63) is 40.4 Å². The van der Waals surface area contributed by atoms with Gasteiger partial charge in [0.1, 0.15) is 11.1 Å². The number of thiophene rings is 1. The van der Waals surface area contributed by atoms with Gasteiger partial charge in [-0.25, -0.2) is 0 Å². The number of aryl methyl sites for hydroxylation is 1. The van der Waals surface area contributed by atoms with E-state index < -0.39 is 0 Å². The van der Waals surface area contributed by atoms with Gasteiger partial charge in [0.15, 0.2) is 10.8 Å². The topological polar surface area (TPSA) is 83.1 Å². The molecule has 3 aromatic heterocycles. The van der Waals surface area contributed by atoms with Gasteiger partial charge in [0.2, 0.25) is 5.91 Å². The van der Waals surface area contributed by atoms with Gasteiger partial charge >= 0.3 is 0 Å². The maximum atomic E-state index is 12.7. The molecular weight excluding hydrogens is 378 g/mol. The number of amides is 1. The maximum Gasteiger partial charge on any atom is 0.238 e. The number of carbonyl (C=O) groups is 1. The molecule has 27 heavy (non-hydrogen) atoms. The minimum atomic E-state index is -0.356. The van der Waals surface area contributed by atoms with E-state index in [1.54, 1.807) is 11.3 Å². The number of anilines is 1. The lowest BCUT2D eigenvalue weighted by Crippen LogP contribution is -2.22. The second-order valence-corrected chi connectivity index (χ2v) is 8.95. The van der Waals surface area contributed by atoms with E-state index in [0.29, 0.717) is 15.7 Å². The molecule has 1 aliphatic carbocycles. The molecule has 0 saturated carbocycles. The number of hydrogen-bond donors (Lipinski definition) is 1. The molecule has 1 aliphatic rings. The Kier molecular flexibility index (Phi) is 5.14. The van der Waals surface area contributed by atoms with Crippen molar-refractivity contribution in [1.29, 1.82) is 5.26 Å². The van der Waals surface area contributed by atoms with Crippen LogP contribution in [0.5, 0.6) is 0 Å². The number of fused-ring (bicyclic) bond motifs is 2. The third-order valence-corrected chi connectivity index (χ3v) is 6.97. The number of pyridine rings is 1. The summed E-state index contributed by atoms with van der Waals surface area (Å²) in [6.07, 6.45) is 7.28. The Bertz CT molecular complexity index is 1030. The minimum Gasteiger partial charge on any atom is -0.316 e. The van der Waals surface area contributed by atoms with Crippen LogP contribution in [0.1, 0.15) is 42.2 Å². The molecule has 0 spiro atoms. The Hall–Kier alpha value is -2.37. The van der Waals surface area contributed by atoms with Crippen LogP contribution >= 0.6 is 23.1 Å². The van der Waals surface area contributed by atoms with Crippen LogP contribution in [-0.4, -0.2) is 25.8 Å². The summed E-state index contributed by atoms with van der Waals surface area (Å²) in [7, 11) is 0. The van der Waals surface area contributed by atoms with Gasteiger partial charge in [0, 0.05) is 11.1 Å². The van der Waals surface area contributed by atoms with Crippen molar-refractivity contribution in [3.8, 4) is 6.07 Å². The standard InChI is InChI=1S/C19H19N5OS2/c1-12(26-19-23-22-16-9-5-6-10-24(16)19)17(25)21-18-14(11-20)13-7-3-2-4-8-15(13)27-18/h5-6,9-10,12H,2-4,7-8H2,1H3,(H,21,25)/t12-/m1/s1. The van der Waals surface area contributed by atoms with E-state index in [2.05, 4.69) is 21.6 Å². The molecule has 1 amide bonds. The van der Waals surface area contributed by atoms with Gasteiger partial charge in [0.25, 0.3) is 0 Å². The first kappa shape index (κ1) is 18.0. The molecule has 3 aromatic rings. The first-order chi connectivity index (χ1) is 13.2. The number of aromatic nitrogens is 3. The smallest absolute Gasteiger partial charge is 0.238 e. The van der Waals surface area contributed by atoms with Gasteiger partial charge in [-0.2, -0.15) is 5.26 Å². The van der Waals surface area contributed by atoms with Gasteiger partial charge < -0.3 is 5.32 Å². The fourth-order valence-corrected chi connectivity index (χ4v) is 5.35. The van der Waals surface area contributed by atoms with E-state index in [4.69, 9.17) is 0 Å². The van der Waals surface area contributed by atoms with Crippen LogP contribution in [-0.2, 0) is 17.6 Å². The third kappa shape index (κ3) is 3.57. The van der Waals surface area contributed by atoms with E-state index in [1.165, 1.54) is 23.1 Å². The molecule has 3 heterocycles. The minimum absolute atomic E-state index is 0.124. The van der Waals surface area contributed by atoms with Gasteiger partial charge in [0.05, 0.1) is 10.8 Å². The van der Waals surface area contributed by atoms with Crippen LogP contribution < -0.4 is 5.32 Å². The zero-order valence-electron chi connectivity index (χ0n) is 14.9. The van der Waals surface area contributed by atoms with Crippen molar-refractivity contribution in [1.82, 2.24) is 14.6 Å². The zero-order valence-corrected chi connectivity index (χ0v) is 16.6. The lowest BCUT2D eigenvalue weighted by molar-refractivity contribution is -0.115. The molecule has 138 valence electrons. The molecule has 0 radical (unpaired) electrons. The SMILES string of the molecule is C[C@@H](Sc1nnc2ccccn12)C(=O)Nc1sc2c(c1C#N)CCCCC2. The summed E-state index contributed by atoms with van der Waals surface area (Å²) in [5, 5.41) is 21.9. The number of nitrogens with one attached hydrogen (secondary N) is 1. The maximum absolute atomic E-state index is 12.7. The third-order valence-electron chi connectivity index (χ3n) is 4.70. The highest BCUT2D eigenvalue weighted by Gasteiger charge is 2.24. The highest BCUT2D eigenvalue weighted by Crippen LogP contribution is 2.37. The van der Waals surface area contributed by atoms with E-state index in [-0.39, 0.29) is 11.2 Å². The normalized spacial score (nSPS) is 15.0. The van der Waals surface area contributed by atoms with Gasteiger partial charge in [-0.15, -0.1) is 21.5 Å². The van der Waals surface area contributed by atoms with Crippen molar-refractivity contribution in [3.63, 3.8) is 0 Å². The summed E-state index contributed by atoms with van der Waals surface area (Å²) >= 11 is 2.92. The molecule has 0 aliphatic heterocycles. The summed E-state index contributed by atoms with van der Waals surface area (Å²) in [5.41, 5.74) is 2.54.